The minimum Gasteiger partial charge on any atom is -0.479 e. The van der Waals surface area contributed by atoms with Crippen molar-refractivity contribution >= 4 is 22.9 Å². The zero-order valence-electron chi connectivity index (χ0n) is 18.1. The number of allylic oxidation sites excluding steroid dienone is 2. The Morgan fingerprint density at radius 1 is 1.28 bits per heavy atom. The van der Waals surface area contributed by atoms with E-state index in [1.165, 1.54) is 11.9 Å². The number of aryl methyl sites for hydroxylation is 1. The summed E-state index contributed by atoms with van der Waals surface area (Å²) in [5.41, 5.74) is 3.56. The molecule has 5 nitrogen and oxygen atoms in total. The first kappa shape index (κ1) is 21.7. The van der Waals surface area contributed by atoms with Crippen LogP contribution in [0.1, 0.15) is 76.0 Å². The van der Waals surface area contributed by atoms with Crippen molar-refractivity contribution in [1.82, 2.24) is 9.97 Å². The molecule has 1 N–H and O–H groups in total. The van der Waals surface area contributed by atoms with Crippen molar-refractivity contribution in [2.45, 2.75) is 72.5 Å². The SMILES string of the molecule is Cc1sc(-c2cncnc2)c(C2=CCC(C)(C)CC2)c1C(OC(C)(C)C)C(=O)O. The van der Waals surface area contributed by atoms with E-state index in [0.717, 1.165) is 45.7 Å². The number of carbonyl (C=O) groups is 1. The van der Waals surface area contributed by atoms with Crippen LogP contribution in [0, 0.1) is 12.3 Å². The van der Waals surface area contributed by atoms with Gasteiger partial charge in [0.25, 0.3) is 0 Å². The van der Waals surface area contributed by atoms with Gasteiger partial charge >= 0.3 is 5.97 Å². The number of aromatic nitrogens is 2. The van der Waals surface area contributed by atoms with Gasteiger partial charge in [-0.2, -0.15) is 0 Å². The fraction of sp³-hybridized carbons (Fsp3) is 0.522. The lowest BCUT2D eigenvalue weighted by atomic mass is 9.76. The Morgan fingerprint density at radius 3 is 2.45 bits per heavy atom. The maximum Gasteiger partial charge on any atom is 0.337 e. The van der Waals surface area contributed by atoms with E-state index >= 15 is 0 Å². The van der Waals surface area contributed by atoms with Crippen LogP contribution in [0.15, 0.2) is 24.8 Å². The summed E-state index contributed by atoms with van der Waals surface area (Å²) in [6.45, 7) is 12.2. The molecule has 0 radical (unpaired) electrons. The summed E-state index contributed by atoms with van der Waals surface area (Å²) in [5.74, 6) is -0.963. The molecule has 1 aliphatic rings. The molecule has 0 saturated carbocycles. The number of carboxylic acids is 1. The maximum absolute atomic E-state index is 12.2. The van der Waals surface area contributed by atoms with E-state index < -0.39 is 17.7 Å². The monoisotopic (exact) mass is 414 g/mol. The number of hydrogen-bond acceptors (Lipinski definition) is 5. The zero-order chi connectivity index (χ0) is 21.4. The van der Waals surface area contributed by atoms with E-state index in [-0.39, 0.29) is 5.41 Å². The van der Waals surface area contributed by atoms with Gasteiger partial charge in [0.05, 0.1) is 5.60 Å². The molecule has 1 aliphatic carbocycles. The van der Waals surface area contributed by atoms with Gasteiger partial charge in [-0.3, -0.25) is 0 Å². The Kier molecular flexibility index (Phi) is 5.97. The second-order valence-electron chi connectivity index (χ2n) is 9.45. The van der Waals surface area contributed by atoms with Crippen LogP contribution < -0.4 is 0 Å². The Morgan fingerprint density at radius 2 is 1.93 bits per heavy atom. The van der Waals surface area contributed by atoms with Crippen molar-refractivity contribution in [3.63, 3.8) is 0 Å². The van der Waals surface area contributed by atoms with Gasteiger partial charge in [0.1, 0.15) is 6.33 Å². The van der Waals surface area contributed by atoms with E-state index in [9.17, 15) is 9.90 Å². The molecule has 0 spiro atoms. The lowest BCUT2D eigenvalue weighted by Crippen LogP contribution is -2.28. The van der Waals surface area contributed by atoms with Crippen molar-refractivity contribution in [2.75, 3.05) is 0 Å². The molecule has 3 rings (SSSR count). The van der Waals surface area contributed by atoms with Crippen LogP contribution in [0.2, 0.25) is 0 Å². The molecule has 2 heterocycles. The third-order valence-corrected chi connectivity index (χ3v) is 6.37. The molecule has 0 aliphatic heterocycles. The van der Waals surface area contributed by atoms with Crippen molar-refractivity contribution in [3.8, 4) is 10.4 Å². The number of ether oxygens (including phenoxy) is 1. The fourth-order valence-electron chi connectivity index (χ4n) is 3.70. The van der Waals surface area contributed by atoms with Gasteiger partial charge in [-0.15, -0.1) is 11.3 Å². The number of aliphatic carboxylic acids is 1. The topological polar surface area (TPSA) is 72.3 Å². The molecule has 29 heavy (non-hydrogen) atoms. The molecule has 1 atom stereocenters. The number of hydrogen-bond donors (Lipinski definition) is 1. The standard InChI is InChI=1S/C23H30N2O3S/c1-14-17(19(21(26)27)28-22(2,3)4)18(15-7-9-23(5,6)10-8-15)20(29-14)16-11-24-13-25-12-16/h7,11-13,19H,8-10H2,1-6H3,(H,26,27). The molecule has 0 bridgehead atoms. The summed E-state index contributed by atoms with van der Waals surface area (Å²) in [6, 6.07) is 0. The Labute approximate surface area is 176 Å². The van der Waals surface area contributed by atoms with Crippen LogP contribution in [-0.4, -0.2) is 26.6 Å². The number of carboxylic acid groups (broad SMARTS) is 1. The molecule has 0 saturated heterocycles. The number of thiophene rings is 1. The molecule has 1 unspecified atom stereocenters. The van der Waals surface area contributed by atoms with E-state index in [1.54, 1.807) is 23.7 Å². The smallest absolute Gasteiger partial charge is 0.337 e. The van der Waals surface area contributed by atoms with Gasteiger partial charge in [-0.05, 0) is 57.9 Å². The normalized spacial score (nSPS) is 17.7. The number of nitrogens with zero attached hydrogens (tertiary/aromatic N) is 2. The van der Waals surface area contributed by atoms with Crippen molar-refractivity contribution in [2.24, 2.45) is 5.41 Å². The van der Waals surface area contributed by atoms with Crippen LogP contribution in [0.25, 0.3) is 16.0 Å². The largest absolute Gasteiger partial charge is 0.479 e. The van der Waals surface area contributed by atoms with Crippen LogP contribution >= 0.6 is 11.3 Å². The maximum atomic E-state index is 12.2. The van der Waals surface area contributed by atoms with Crippen molar-refractivity contribution in [3.05, 3.63) is 40.8 Å². The average Bonchev–Trinajstić information content (AvgIpc) is 2.96. The third kappa shape index (κ3) is 4.93. The molecule has 6 heteroatoms. The molecular weight excluding hydrogens is 384 g/mol. The molecular formula is C23H30N2O3S. The molecule has 156 valence electrons. The van der Waals surface area contributed by atoms with E-state index in [1.807, 2.05) is 27.7 Å². The van der Waals surface area contributed by atoms with Gasteiger partial charge in [-0.1, -0.05) is 19.9 Å². The second-order valence-corrected chi connectivity index (χ2v) is 10.7. The first-order valence-corrected chi connectivity index (χ1v) is 10.8. The van der Waals surface area contributed by atoms with Gasteiger partial charge in [0, 0.05) is 38.8 Å². The Balaban J connectivity index is 2.22. The van der Waals surface area contributed by atoms with Crippen LogP contribution in [0.5, 0.6) is 0 Å². The minimum absolute atomic E-state index is 0.263. The quantitative estimate of drug-likeness (QED) is 0.645. The summed E-state index contributed by atoms with van der Waals surface area (Å²) in [6.07, 6.45) is 9.30. The third-order valence-electron chi connectivity index (χ3n) is 5.20. The Bertz CT molecular complexity index is 924. The minimum atomic E-state index is -1.02. The van der Waals surface area contributed by atoms with Crippen LogP contribution in [-0.2, 0) is 9.53 Å². The first-order chi connectivity index (χ1) is 13.5. The van der Waals surface area contributed by atoms with E-state index in [0.29, 0.717) is 0 Å². The highest BCUT2D eigenvalue weighted by atomic mass is 32.1. The molecule has 2 aromatic heterocycles. The summed E-state index contributed by atoms with van der Waals surface area (Å²) in [5, 5.41) is 10.0. The molecule has 0 aromatic carbocycles. The van der Waals surface area contributed by atoms with Crippen molar-refractivity contribution in [1.29, 1.82) is 0 Å². The second kappa shape index (κ2) is 8.00. The fourth-order valence-corrected chi connectivity index (χ4v) is 4.89. The van der Waals surface area contributed by atoms with E-state index in [4.69, 9.17) is 4.74 Å². The predicted molar refractivity (Wildman–Crippen MR) is 117 cm³/mol. The highest BCUT2D eigenvalue weighted by molar-refractivity contribution is 7.16. The lowest BCUT2D eigenvalue weighted by Gasteiger charge is -2.30. The van der Waals surface area contributed by atoms with Gasteiger partial charge in [-0.25, -0.2) is 14.8 Å². The Hall–Kier alpha value is -2.05. The summed E-state index contributed by atoms with van der Waals surface area (Å²) >= 11 is 1.60. The first-order valence-electron chi connectivity index (χ1n) is 9.97. The van der Waals surface area contributed by atoms with Crippen LogP contribution in [0.4, 0.5) is 0 Å². The summed E-state index contributed by atoms with van der Waals surface area (Å²) < 4.78 is 6.04. The molecule has 2 aromatic rings. The zero-order valence-corrected chi connectivity index (χ0v) is 18.9. The van der Waals surface area contributed by atoms with Crippen LogP contribution in [0.3, 0.4) is 0 Å². The highest BCUT2D eigenvalue weighted by Gasteiger charge is 2.35. The van der Waals surface area contributed by atoms with Gasteiger partial charge in [0.2, 0.25) is 0 Å². The van der Waals surface area contributed by atoms with E-state index in [2.05, 4.69) is 29.9 Å². The molecule has 0 fully saturated rings. The van der Waals surface area contributed by atoms with Crippen molar-refractivity contribution < 1.29 is 14.6 Å². The van der Waals surface area contributed by atoms with Gasteiger partial charge < -0.3 is 9.84 Å². The predicted octanol–water partition coefficient (Wildman–Crippen LogP) is 6.05. The summed E-state index contributed by atoms with van der Waals surface area (Å²) in [4.78, 5) is 22.6. The molecule has 0 amide bonds. The number of rotatable bonds is 5. The average molecular weight is 415 g/mol. The lowest BCUT2D eigenvalue weighted by molar-refractivity contribution is -0.160. The summed E-state index contributed by atoms with van der Waals surface area (Å²) in [7, 11) is 0. The van der Waals surface area contributed by atoms with Gasteiger partial charge in [0.15, 0.2) is 6.10 Å². The highest BCUT2D eigenvalue weighted by Crippen LogP contribution is 2.48.